The van der Waals surface area contributed by atoms with Gasteiger partial charge < -0.3 is 10.6 Å². The highest BCUT2D eigenvalue weighted by atomic mass is 32.1. The number of nitrogens with two attached hydrogens (primary N) is 1. The van der Waals surface area contributed by atoms with Crippen molar-refractivity contribution in [2.45, 2.75) is 38.8 Å². The van der Waals surface area contributed by atoms with Gasteiger partial charge in [0.1, 0.15) is 5.82 Å². The minimum atomic E-state index is -0.130. The Kier molecular flexibility index (Phi) is 4.27. The van der Waals surface area contributed by atoms with Crippen molar-refractivity contribution in [3.8, 4) is 0 Å². The number of rotatable bonds is 4. The van der Waals surface area contributed by atoms with Crippen LogP contribution in [0.25, 0.3) is 0 Å². The van der Waals surface area contributed by atoms with Gasteiger partial charge in [-0.15, -0.1) is 11.3 Å². The van der Waals surface area contributed by atoms with Crippen LogP contribution in [0.2, 0.25) is 0 Å². The van der Waals surface area contributed by atoms with Gasteiger partial charge in [0.25, 0.3) is 0 Å². The molecule has 1 aliphatic heterocycles. The van der Waals surface area contributed by atoms with E-state index in [2.05, 4.69) is 23.3 Å². The Hall–Kier alpha value is -1.39. The Balaban J connectivity index is 1.77. The molecule has 0 amide bonds. The first-order valence-electron chi connectivity index (χ1n) is 7.51. The first-order valence-corrected chi connectivity index (χ1v) is 8.39. The average molecular weight is 304 g/mol. The summed E-state index contributed by atoms with van der Waals surface area (Å²) in [5.41, 5.74) is 8.98. The zero-order valence-electron chi connectivity index (χ0n) is 12.3. The maximum Gasteiger partial charge on any atom is 0.146 e. The number of halogens is 1. The molecular weight excluding hydrogens is 283 g/mol. The summed E-state index contributed by atoms with van der Waals surface area (Å²) in [6.07, 6.45) is 2.66. The van der Waals surface area contributed by atoms with Crippen LogP contribution in [0.4, 0.5) is 10.1 Å². The summed E-state index contributed by atoms with van der Waals surface area (Å²) >= 11 is 1.80. The molecule has 112 valence electrons. The number of hydrogen-bond acceptors (Lipinski definition) is 3. The van der Waals surface area contributed by atoms with Gasteiger partial charge in [-0.25, -0.2) is 4.39 Å². The Bertz CT molecular complexity index is 623. The minimum absolute atomic E-state index is 0.110. The monoisotopic (exact) mass is 304 g/mol. The topological polar surface area (TPSA) is 29.3 Å². The maximum absolute atomic E-state index is 14.4. The van der Waals surface area contributed by atoms with E-state index >= 15 is 0 Å². The van der Waals surface area contributed by atoms with E-state index < -0.39 is 0 Å². The SMILES string of the molecule is CCC(N)Cc1ccc(N2CCc3sccc3C2)c(F)c1. The molecule has 2 heterocycles. The van der Waals surface area contributed by atoms with Crippen LogP contribution in [0, 0.1) is 5.82 Å². The molecule has 0 saturated heterocycles. The van der Waals surface area contributed by atoms with Crippen LogP contribution < -0.4 is 10.6 Å². The third-order valence-corrected chi connectivity index (χ3v) is 5.21. The average Bonchev–Trinajstić information content (AvgIpc) is 2.94. The number of thiophene rings is 1. The zero-order chi connectivity index (χ0) is 14.8. The van der Waals surface area contributed by atoms with Crippen LogP contribution in [0.1, 0.15) is 29.3 Å². The molecule has 0 radical (unpaired) electrons. The van der Waals surface area contributed by atoms with Crippen molar-refractivity contribution in [1.82, 2.24) is 0 Å². The number of nitrogens with zero attached hydrogens (tertiary/aromatic N) is 1. The first-order chi connectivity index (χ1) is 10.2. The van der Waals surface area contributed by atoms with Gasteiger partial charge in [0, 0.05) is 24.0 Å². The van der Waals surface area contributed by atoms with Crippen LogP contribution >= 0.6 is 11.3 Å². The van der Waals surface area contributed by atoms with Crippen LogP contribution in [0.15, 0.2) is 29.6 Å². The summed E-state index contributed by atoms with van der Waals surface area (Å²) in [5.74, 6) is -0.130. The van der Waals surface area contributed by atoms with Crippen molar-refractivity contribution >= 4 is 17.0 Å². The molecule has 1 aromatic carbocycles. The van der Waals surface area contributed by atoms with Crippen LogP contribution in [0.3, 0.4) is 0 Å². The number of fused-ring (bicyclic) bond motifs is 1. The van der Waals surface area contributed by atoms with Crippen molar-refractivity contribution in [3.63, 3.8) is 0 Å². The van der Waals surface area contributed by atoms with Gasteiger partial charge in [0.15, 0.2) is 0 Å². The number of benzene rings is 1. The molecule has 1 aromatic heterocycles. The van der Waals surface area contributed by atoms with Gasteiger partial charge in [-0.2, -0.15) is 0 Å². The quantitative estimate of drug-likeness (QED) is 0.932. The van der Waals surface area contributed by atoms with E-state index in [0.29, 0.717) is 5.69 Å². The second kappa shape index (κ2) is 6.16. The predicted octanol–water partition coefficient (Wildman–Crippen LogP) is 3.73. The Morgan fingerprint density at radius 1 is 1.38 bits per heavy atom. The van der Waals surface area contributed by atoms with Crippen LogP contribution in [-0.4, -0.2) is 12.6 Å². The second-order valence-corrected chi connectivity index (χ2v) is 6.70. The fraction of sp³-hybridized carbons (Fsp3) is 0.412. The smallest absolute Gasteiger partial charge is 0.146 e. The minimum Gasteiger partial charge on any atom is -0.364 e. The number of hydrogen-bond donors (Lipinski definition) is 1. The summed E-state index contributed by atoms with van der Waals surface area (Å²) < 4.78 is 14.4. The lowest BCUT2D eigenvalue weighted by molar-refractivity contribution is 0.602. The summed E-state index contributed by atoms with van der Waals surface area (Å²) in [6.45, 7) is 3.75. The maximum atomic E-state index is 14.4. The van der Waals surface area contributed by atoms with E-state index in [1.54, 1.807) is 17.4 Å². The highest BCUT2D eigenvalue weighted by molar-refractivity contribution is 7.10. The Morgan fingerprint density at radius 2 is 2.24 bits per heavy atom. The fourth-order valence-electron chi connectivity index (χ4n) is 2.84. The molecule has 1 unspecified atom stereocenters. The van der Waals surface area contributed by atoms with Crippen LogP contribution in [0.5, 0.6) is 0 Å². The second-order valence-electron chi connectivity index (χ2n) is 5.70. The largest absolute Gasteiger partial charge is 0.364 e. The van der Waals surface area contributed by atoms with Gasteiger partial charge in [0.2, 0.25) is 0 Å². The summed E-state index contributed by atoms with van der Waals surface area (Å²) in [7, 11) is 0. The van der Waals surface area contributed by atoms with Crippen molar-refractivity contribution in [2.24, 2.45) is 5.73 Å². The summed E-state index contributed by atoms with van der Waals surface area (Å²) in [6, 6.07) is 7.83. The lowest BCUT2D eigenvalue weighted by Gasteiger charge is -2.29. The van der Waals surface area contributed by atoms with Gasteiger partial charge in [0.05, 0.1) is 5.69 Å². The van der Waals surface area contributed by atoms with E-state index in [9.17, 15) is 4.39 Å². The highest BCUT2D eigenvalue weighted by Gasteiger charge is 2.20. The third-order valence-electron chi connectivity index (χ3n) is 4.18. The van der Waals surface area contributed by atoms with Gasteiger partial charge >= 0.3 is 0 Å². The molecule has 0 spiro atoms. The van der Waals surface area contributed by atoms with E-state index in [0.717, 1.165) is 37.9 Å². The molecule has 0 saturated carbocycles. The molecule has 2 aromatic rings. The van der Waals surface area contributed by atoms with E-state index in [4.69, 9.17) is 5.73 Å². The molecule has 1 atom stereocenters. The van der Waals surface area contributed by atoms with E-state index in [1.807, 2.05) is 12.1 Å². The number of anilines is 1. The molecule has 21 heavy (non-hydrogen) atoms. The first kappa shape index (κ1) is 14.5. The van der Waals surface area contributed by atoms with Crippen molar-refractivity contribution < 1.29 is 4.39 Å². The molecule has 2 N–H and O–H groups in total. The molecule has 2 nitrogen and oxygen atoms in total. The predicted molar refractivity (Wildman–Crippen MR) is 87.4 cm³/mol. The normalized spacial score (nSPS) is 15.9. The lowest BCUT2D eigenvalue weighted by atomic mass is 10.0. The molecule has 1 aliphatic rings. The molecule has 4 heteroatoms. The van der Waals surface area contributed by atoms with Crippen molar-refractivity contribution in [1.29, 1.82) is 0 Å². The van der Waals surface area contributed by atoms with Gasteiger partial charge in [-0.3, -0.25) is 0 Å². The van der Waals surface area contributed by atoms with Crippen molar-refractivity contribution in [3.05, 3.63) is 51.5 Å². The Morgan fingerprint density at radius 3 is 3.00 bits per heavy atom. The van der Waals surface area contributed by atoms with Crippen molar-refractivity contribution in [2.75, 3.05) is 11.4 Å². The summed E-state index contributed by atoms with van der Waals surface area (Å²) in [4.78, 5) is 3.57. The zero-order valence-corrected chi connectivity index (χ0v) is 13.1. The fourth-order valence-corrected chi connectivity index (χ4v) is 3.72. The lowest BCUT2D eigenvalue weighted by Crippen LogP contribution is -2.30. The Labute approximate surface area is 129 Å². The molecule has 0 aliphatic carbocycles. The molecule has 3 rings (SSSR count). The standard InChI is InChI=1S/C17H21FN2S/c1-2-14(19)9-12-3-4-16(15(18)10-12)20-7-5-17-13(11-20)6-8-21-17/h3-4,6,8,10,14H,2,5,7,9,11,19H2,1H3. The van der Waals surface area contributed by atoms with Crippen LogP contribution in [-0.2, 0) is 19.4 Å². The highest BCUT2D eigenvalue weighted by Crippen LogP contribution is 2.29. The van der Waals surface area contributed by atoms with Gasteiger partial charge in [-0.1, -0.05) is 13.0 Å². The summed E-state index contributed by atoms with van der Waals surface area (Å²) in [5, 5.41) is 2.12. The molecule has 0 fully saturated rings. The molecule has 0 bridgehead atoms. The third kappa shape index (κ3) is 3.11. The van der Waals surface area contributed by atoms with Gasteiger partial charge in [-0.05, 0) is 54.0 Å². The van der Waals surface area contributed by atoms with E-state index in [-0.39, 0.29) is 11.9 Å². The van der Waals surface area contributed by atoms with E-state index in [1.165, 1.54) is 10.4 Å². The molecular formula is C17H21FN2S.